The number of fused-ring (bicyclic) bond motifs is 1. The summed E-state index contributed by atoms with van der Waals surface area (Å²) in [5.74, 6) is -5.19. The van der Waals surface area contributed by atoms with E-state index in [9.17, 15) is 35.9 Å². The number of rotatable bonds is 4. The number of carbonyl (C=O) groups excluding carboxylic acids is 2. The van der Waals surface area contributed by atoms with Crippen LogP contribution in [0.5, 0.6) is 0 Å². The van der Waals surface area contributed by atoms with Gasteiger partial charge in [0, 0.05) is 61.8 Å². The first-order chi connectivity index (χ1) is 19.0. The maximum atomic E-state index is 12.7. The van der Waals surface area contributed by atoms with Crippen molar-refractivity contribution in [2.45, 2.75) is 25.4 Å². The van der Waals surface area contributed by atoms with Crippen molar-refractivity contribution in [1.82, 2.24) is 20.2 Å². The highest BCUT2D eigenvalue weighted by atomic mass is 19.4. The molecule has 0 unspecified atom stereocenters. The third-order valence-electron chi connectivity index (χ3n) is 5.80. The van der Waals surface area contributed by atoms with E-state index in [2.05, 4.69) is 15.3 Å². The number of pyridine rings is 2. The SMILES string of the molecule is Cc1cncc(C(=O)N2C[C@@H]3[C@H](CNC(=O)c4ccncc4)CO[C@@H]3C2)c1.O=C(O)C(F)(F)F.O=C(O)C(F)(F)F. The highest BCUT2D eigenvalue weighted by molar-refractivity contribution is 5.94. The molecule has 2 aliphatic heterocycles. The summed E-state index contributed by atoms with van der Waals surface area (Å²) in [6.45, 7) is 4.31. The van der Waals surface area contributed by atoms with Crippen molar-refractivity contribution in [3.8, 4) is 0 Å². The van der Waals surface area contributed by atoms with Gasteiger partial charge >= 0.3 is 24.3 Å². The first-order valence-corrected chi connectivity index (χ1v) is 11.6. The maximum Gasteiger partial charge on any atom is 0.490 e. The predicted octanol–water partition coefficient (Wildman–Crippen LogP) is 2.57. The molecule has 4 rings (SSSR count). The highest BCUT2D eigenvalue weighted by Crippen LogP contribution is 2.34. The van der Waals surface area contributed by atoms with E-state index in [0.717, 1.165) is 5.56 Å². The molecule has 2 amide bonds. The minimum Gasteiger partial charge on any atom is -0.475 e. The van der Waals surface area contributed by atoms with Crippen LogP contribution in [0.4, 0.5) is 26.3 Å². The summed E-state index contributed by atoms with van der Waals surface area (Å²) in [6.07, 6.45) is -3.58. The third kappa shape index (κ3) is 10.0. The minimum absolute atomic E-state index is 0.0104. The molecule has 0 aromatic carbocycles. The number of likely N-dealkylation sites (tertiary alicyclic amines) is 1. The Morgan fingerprint density at radius 3 is 2.02 bits per heavy atom. The Kier molecular flexibility index (Phi) is 11.1. The van der Waals surface area contributed by atoms with Gasteiger partial charge in [0.05, 0.1) is 18.3 Å². The fourth-order valence-electron chi connectivity index (χ4n) is 3.86. The van der Waals surface area contributed by atoms with Gasteiger partial charge in [-0.05, 0) is 30.7 Å². The summed E-state index contributed by atoms with van der Waals surface area (Å²) in [5.41, 5.74) is 2.17. The van der Waals surface area contributed by atoms with Crippen LogP contribution < -0.4 is 5.32 Å². The Morgan fingerprint density at radius 1 is 0.951 bits per heavy atom. The van der Waals surface area contributed by atoms with Crippen molar-refractivity contribution >= 4 is 23.8 Å². The van der Waals surface area contributed by atoms with Crippen LogP contribution in [0, 0.1) is 18.8 Å². The van der Waals surface area contributed by atoms with Gasteiger partial charge in [-0.25, -0.2) is 9.59 Å². The molecule has 17 heteroatoms. The van der Waals surface area contributed by atoms with E-state index in [1.54, 1.807) is 36.9 Å². The molecule has 2 aromatic rings. The zero-order valence-electron chi connectivity index (χ0n) is 21.1. The number of carboxylic acids is 2. The first-order valence-electron chi connectivity index (χ1n) is 11.6. The van der Waals surface area contributed by atoms with Crippen LogP contribution in [0.1, 0.15) is 26.3 Å². The summed E-state index contributed by atoms with van der Waals surface area (Å²) in [6, 6.07) is 5.24. The lowest BCUT2D eigenvalue weighted by Crippen LogP contribution is -2.35. The highest BCUT2D eigenvalue weighted by Gasteiger charge is 2.45. The second kappa shape index (κ2) is 13.9. The Bertz CT molecular complexity index is 1200. The van der Waals surface area contributed by atoms with Gasteiger partial charge in [-0.1, -0.05) is 0 Å². The van der Waals surface area contributed by atoms with E-state index < -0.39 is 24.3 Å². The zero-order valence-corrected chi connectivity index (χ0v) is 21.1. The summed E-state index contributed by atoms with van der Waals surface area (Å²) in [5, 5.41) is 17.2. The number of alkyl halides is 6. The number of ether oxygens (including phenoxy) is 1. The van der Waals surface area contributed by atoms with E-state index in [4.69, 9.17) is 24.5 Å². The molecule has 0 saturated carbocycles. The fourth-order valence-corrected chi connectivity index (χ4v) is 3.86. The molecule has 0 radical (unpaired) electrons. The monoisotopic (exact) mass is 594 g/mol. The number of amides is 2. The van der Waals surface area contributed by atoms with Crippen LogP contribution in [-0.2, 0) is 14.3 Å². The number of hydrogen-bond donors (Lipinski definition) is 3. The predicted molar refractivity (Wildman–Crippen MR) is 126 cm³/mol. The number of halogens is 6. The Hall–Kier alpha value is -4.28. The lowest BCUT2D eigenvalue weighted by Gasteiger charge is -2.20. The largest absolute Gasteiger partial charge is 0.490 e. The number of aromatic nitrogens is 2. The third-order valence-corrected chi connectivity index (χ3v) is 5.80. The van der Waals surface area contributed by atoms with E-state index in [1.807, 2.05) is 17.9 Å². The van der Waals surface area contributed by atoms with Gasteiger partial charge < -0.3 is 25.2 Å². The molecule has 3 N–H and O–H groups in total. The van der Waals surface area contributed by atoms with Crippen molar-refractivity contribution in [1.29, 1.82) is 0 Å². The van der Waals surface area contributed by atoms with E-state index in [1.165, 1.54) is 0 Å². The number of aryl methyl sites for hydroxylation is 1. The van der Waals surface area contributed by atoms with Gasteiger partial charge in [0.25, 0.3) is 11.8 Å². The molecular formula is C24H24F6N4O7. The smallest absolute Gasteiger partial charge is 0.475 e. The second-order valence-electron chi connectivity index (χ2n) is 8.81. The Balaban J connectivity index is 0.000000349. The lowest BCUT2D eigenvalue weighted by molar-refractivity contribution is -0.193. The Morgan fingerprint density at radius 2 is 1.51 bits per heavy atom. The molecule has 224 valence electrons. The molecule has 41 heavy (non-hydrogen) atoms. The molecule has 0 spiro atoms. The number of hydrogen-bond acceptors (Lipinski definition) is 7. The average molecular weight is 594 g/mol. The molecular weight excluding hydrogens is 570 g/mol. The van der Waals surface area contributed by atoms with Crippen LogP contribution in [0.2, 0.25) is 0 Å². The van der Waals surface area contributed by atoms with Crippen molar-refractivity contribution in [2.75, 3.05) is 26.2 Å². The first kappa shape index (κ1) is 32.9. The van der Waals surface area contributed by atoms with Gasteiger partial charge in [0.2, 0.25) is 0 Å². The van der Waals surface area contributed by atoms with Gasteiger partial charge in [-0.3, -0.25) is 19.6 Å². The standard InChI is InChI=1S/C20H22N4O3.2C2HF3O2/c1-13-6-15(8-22-7-13)20(26)24-10-17-16(12-27-18(17)11-24)9-23-19(25)14-2-4-21-5-3-14;2*3-2(4,5)1(6)7/h2-8,16-18H,9-12H2,1H3,(H,23,25);2*(H,6,7)/t16-,17-,18-;;/m1../s1. The van der Waals surface area contributed by atoms with Crippen molar-refractivity contribution < 1.29 is 60.5 Å². The number of nitrogens with one attached hydrogen (secondary N) is 1. The van der Waals surface area contributed by atoms with Crippen molar-refractivity contribution in [2.24, 2.45) is 11.8 Å². The fraction of sp³-hybridized carbons (Fsp3) is 0.417. The summed E-state index contributed by atoms with van der Waals surface area (Å²) in [4.78, 5) is 52.6. The molecule has 3 atom stereocenters. The average Bonchev–Trinajstić information content (AvgIpc) is 3.48. The van der Waals surface area contributed by atoms with Gasteiger partial charge in [0.15, 0.2) is 0 Å². The maximum absolute atomic E-state index is 12.7. The molecule has 11 nitrogen and oxygen atoms in total. The number of nitrogens with zero attached hydrogens (tertiary/aromatic N) is 3. The topological polar surface area (TPSA) is 159 Å². The van der Waals surface area contributed by atoms with Gasteiger partial charge in [-0.15, -0.1) is 0 Å². The molecule has 0 aliphatic carbocycles. The quantitative estimate of drug-likeness (QED) is 0.453. The second-order valence-corrected chi connectivity index (χ2v) is 8.81. The van der Waals surface area contributed by atoms with E-state index >= 15 is 0 Å². The molecule has 2 fully saturated rings. The van der Waals surface area contributed by atoms with Crippen LogP contribution in [-0.4, -0.2) is 93.5 Å². The van der Waals surface area contributed by atoms with E-state index in [-0.39, 0.29) is 29.8 Å². The zero-order chi connectivity index (χ0) is 31.0. The molecule has 2 aliphatic rings. The molecule has 2 saturated heterocycles. The normalized spacial score (nSPS) is 19.6. The number of aliphatic carboxylic acids is 2. The molecule has 4 heterocycles. The Labute approximate surface area is 228 Å². The van der Waals surface area contributed by atoms with Gasteiger partial charge in [0.1, 0.15) is 0 Å². The number of carboxylic acid groups (broad SMARTS) is 2. The van der Waals surface area contributed by atoms with Crippen LogP contribution in [0.15, 0.2) is 43.0 Å². The summed E-state index contributed by atoms with van der Waals surface area (Å²) in [7, 11) is 0. The van der Waals surface area contributed by atoms with E-state index in [0.29, 0.717) is 37.4 Å². The lowest BCUT2D eigenvalue weighted by atomic mass is 9.93. The molecule has 2 aromatic heterocycles. The van der Waals surface area contributed by atoms with Crippen LogP contribution in [0.25, 0.3) is 0 Å². The van der Waals surface area contributed by atoms with Crippen LogP contribution in [0.3, 0.4) is 0 Å². The molecule has 0 bridgehead atoms. The summed E-state index contributed by atoms with van der Waals surface area (Å²) < 4.78 is 69.4. The minimum atomic E-state index is -5.08. The number of carbonyl (C=O) groups is 4. The van der Waals surface area contributed by atoms with Gasteiger partial charge in [-0.2, -0.15) is 26.3 Å². The van der Waals surface area contributed by atoms with Crippen molar-refractivity contribution in [3.63, 3.8) is 0 Å². The van der Waals surface area contributed by atoms with Crippen LogP contribution >= 0.6 is 0 Å². The van der Waals surface area contributed by atoms with Crippen molar-refractivity contribution in [3.05, 3.63) is 59.7 Å². The summed E-state index contributed by atoms with van der Waals surface area (Å²) >= 11 is 0.